The van der Waals surface area contributed by atoms with Gasteiger partial charge in [-0.25, -0.2) is 0 Å². The number of rotatable bonds is 20. The van der Waals surface area contributed by atoms with Crippen molar-refractivity contribution in [1.29, 1.82) is 0 Å². The Morgan fingerprint density at radius 1 is 0.407 bits per heavy atom. The summed E-state index contributed by atoms with van der Waals surface area (Å²) in [6.45, 7) is 14.6. The Bertz CT molecular complexity index is 282. The van der Waals surface area contributed by atoms with Crippen LogP contribution in [0.5, 0.6) is 0 Å². The lowest BCUT2D eigenvalue weighted by molar-refractivity contribution is 0.618. The fourth-order valence-corrected chi connectivity index (χ4v) is 17.3. The lowest BCUT2D eigenvalue weighted by atomic mass is 10.1. The van der Waals surface area contributed by atoms with Gasteiger partial charge in [-0.15, -0.1) is 0 Å². The van der Waals surface area contributed by atoms with Crippen molar-refractivity contribution in [2.24, 2.45) is 0 Å². The molecule has 0 aliphatic heterocycles. The van der Waals surface area contributed by atoms with E-state index in [2.05, 4.69) is 46.2 Å². The zero-order valence-electron chi connectivity index (χ0n) is 20.2. The second-order valence-electron chi connectivity index (χ2n) is 9.14. The Labute approximate surface area is 176 Å². The molecule has 0 bridgehead atoms. The highest BCUT2D eigenvalue weighted by molar-refractivity contribution is 6.93. The first-order chi connectivity index (χ1) is 13.1. The van der Waals surface area contributed by atoms with E-state index in [1.807, 2.05) is 0 Å². The summed E-state index contributed by atoms with van der Waals surface area (Å²) in [4.78, 5) is 0. The van der Waals surface area contributed by atoms with Crippen LogP contribution in [-0.4, -0.2) is 16.5 Å². The minimum Gasteiger partial charge on any atom is -0.359 e. The minimum absolute atomic E-state index is 1.26. The van der Waals surface area contributed by atoms with Crippen LogP contribution < -0.4 is 4.65 Å². The summed E-state index contributed by atoms with van der Waals surface area (Å²) in [6, 6.07) is 8.87. The average molecular weight is 414 g/mol. The fraction of sp³-hybridized carbons (Fsp3) is 1.00. The zero-order valence-corrected chi connectivity index (χ0v) is 22.2. The Morgan fingerprint density at radius 2 is 0.704 bits per heavy atom. The zero-order chi connectivity index (χ0) is 20.4. The molecule has 27 heavy (non-hydrogen) atoms. The van der Waals surface area contributed by atoms with Crippen LogP contribution in [0.3, 0.4) is 0 Å². The molecule has 0 radical (unpaired) electrons. The van der Waals surface area contributed by atoms with Gasteiger partial charge in [0.05, 0.1) is 0 Å². The molecule has 0 aliphatic rings. The van der Waals surface area contributed by atoms with Crippen molar-refractivity contribution in [1.82, 2.24) is 4.65 Å². The van der Waals surface area contributed by atoms with E-state index >= 15 is 0 Å². The SMILES string of the molecule is CCCCCCCC[Si](CC)(CC)N[Si](CC)(CC)CCCCCCCC. The largest absolute Gasteiger partial charge is 0.359 e. The maximum atomic E-state index is 4.56. The normalized spacial score (nSPS) is 12.7. The van der Waals surface area contributed by atoms with Crippen LogP contribution >= 0.6 is 0 Å². The molecule has 3 heteroatoms. The molecular weight excluding hydrogens is 358 g/mol. The van der Waals surface area contributed by atoms with E-state index in [1.165, 1.54) is 113 Å². The molecule has 0 aromatic heterocycles. The van der Waals surface area contributed by atoms with Crippen LogP contribution in [-0.2, 0) is 0 Å². The van der Waals surface area contributed by atoms with E-state index < -0.39 is 16.5 Å². The first-order valence-electron chi connectivity index (χ1n) is 12.9. The molecule has 0 unspecified atom stereocenters. The van der Waals surface area contributed by atoms with Gasteiger partial charge < -0.3 is 4.65 Å². The van der Waals surface area contributed by atoms with Crippen molar-refractivity contribution in [2.75, 3.05) is 0 Å². The number of unbranched alkanes of at least 4 members (excludes halogenated alkanes) is 10. The third-order valence-corrected chi connectivity index (χ3v) is 19.5. The molecule has 0 amide bonds. The van der Waals surface area contributed by atoms with Gasteiger partial charge in [0.25, 0.3) is 0 Å². The van der Waals surface area contributed by atoms with E-state index in [-0.39, 0.29) is 0 Å². The predicted molar refractivity (Wildman–Crippen MR) is 133 cm³/mol. The van der Waals surface area contributed by atoms with Crippen molar-refractivity contribution in [2.45, 2.75) is 155 Å². The molecule has 0 fully saturated rings. The molecule has 0 atom stereocenters. The van der Waals surface area contributed by atoms with Crippen LogP contribution in [0.1, 0.15) is 119 Å². The summed E-state index contributed by atoms with van der Waals surface area (Å²) in [5, 5.41) is 0. The molecule has 0 saturated heterocycles. The van der Waals surface area contributed by atoms with Crippen molar-refractivity contribution >= 4 is 16.5 Å². The fourth-order valence-electron chi connectivity index (χ4n) is 4.74. The first kappa shape index (κ1) is 27.4. The van der Waals surface area contributed by atoms with Crippen LogP contribution in [0.2, 0.25) is 36.3 Å². The third kappa shape index (κ3) is 11.9. The highest BCUT2D eigenvalue weighted by Gasteiger charge is 2.38. The van der Waals surface area contributed by atoms with Crippen molar-refractivity contribution in [3.63, 3.8) is 0 Å². The molecule has 0 aromatic carbocycles. The lowest BCUT2D eigenvalue weighted by Crippen LogP contribution is -2.63. The van der Waals surface area contributed by atoms with Gasteiger partial charge in [0.1, 0.15) is 16.5 Å². The molecule has 0 saturated carbocycles. The summed E-state index contributed by atoms with van der Waals surface area (Å²) >= 11 is 0. The summed E-state index contributed by atoms with van der Waals surface area (Å²) in [5.41, 5.74) is 0. The number of hydrogen-bond donors (Lipinski definition) is 1. The molecule has 0 spiro atoms. The van der Waals surface area contributed by atoms with Crippen molar-refractivity contribution in [3.8, 4) is 0 Å². The highest BCUT2D eigenvalue weighted by atomic mass is 28.4. The van der Waals surface area contributed by atoms with Gasteiger partial charge in [-0.2, -0.15) is 0 Å². The van der Waals surface area contributed by atoms with Gasteiger partial charge in [-0.3, -0.25) is 0 Å². The Balaban J connectivity index is 4.59. The number of nitrogens with one attached hydrogen (secondary N) is 1. The molecule has 0 aliphatic carbocycles. The molecular formula is C24H55NSi2. The standard InChI is InChI=1S/C24H55NSi2/c1-7-13-15-17-19-21-23-26(9-3,10-4)25-27(11-5,12-6)24-22-20-18-16-14-8-2/h25H,7-24H2,1-6H3. The Hall–Kier alpha value is 0.394. The topological polar surface area (TPSA) is 12.0 Å². The first-order valence-corrected chi connectivity index (χ1v) is 18.1. The monoisotopic (exact) mass is 413 g/mol. The van der Waals surface area contributed by atoms with E-state index in [9.17, 15) is 0 Å². The predicted octanol–water partition coefficient (Wildman–Crippen LogP) is 9.27. The van der Waals surface area contributed by atoms with Crippen LogP contribution in [0.25, 0.3) is 0 Å². The summed E-state index contributed by atoms with van der Waals surface area (Å²) < 4.78 is 4.56. The molecule has 1 nitrogen and oxygen atoms in total. The highest BCUT2D eigenvalue weighted by Crippen LogP contribution is 2.29. The molecule has 0 rings (SSSR count). The Morgan fingerprint density at radius 3 is 1.00 bits per heavy atom. The van der Waals surface area contributed by atoms with Gasteiger partial charge in [0, 0.05) is 0 Å². The van der Waals surface area contributed by atoms with Gasteiger partial charge in [-0.1, -0.05) is 119 Å². The lowest BCUT2D eigenvalue weighted by Gasteiger charge is -2.42. The maximum Gasteiger partial charge on any atom is 0.118 e. The van der Waals surface area contributed by atoms with Crippen LogP contribution in [0.15, 0.2) is 0 Å². The Kier molecular flexibility index (Phi) is 17.5. The molecule has 164 valence electrons. The second-order valence-corrected chi connectivity index (χ2v) is 19.1. The van der Waals surface area contributed by atoms with E-state index in [1.54, 1.807) is 0 Å². The van der Waals surface area contributed by atoms with Gasteiger partial charge >= 0.3 is 0 Å². The summed E-state index contributed by atoms with van der Waals surface area (Å²) in [5.74, 6) is 0. The quantitative estimate of drug-likeness (QED) is 0.155. The van der Waals surface area contributed by atoms with E-state index in [0.29, 0.717) is 0 Å². The third-order valence-electron chi connectivity index (χ3n) is 7.26. The van der Waals surface area contributed by atoms with Gasteiger partial charge in [-0.05, 0) is 36.3 Å². The van der Waals surface area contributed by atoms with Crippen LogP contribution in [0.4, 0.5) is 0 Å². The number of hydrogen-bond acceptors (Lipinski definition) is 1. The van der Waals surface area contributed by atoms with Gasteiger partial charge in [0.2, 0.25) is 0 Å². The van der Waals surface area contributed by atoms with Crippen LogP contribution in [0, 0.1) is 0 Å². The van der Waals surface area contributed by atoms with Crippen molar-refractivity contribution in [3.05, 3.63) is 0 Å². The summed E-state index contributed by atoms with van der Waals surface area (Å²) in [6.07, 6.45) is 17.4. The molecule has 0 heterocycles. The van der Waals surface area contributed by atoms with Crippen molar-refractivity contribution < 1.29 is 0 Å². The van der Waals surface area contributed by atoms with Gasteiger partial charge in [0.15, 0.2) is 0 Å². The molecule has 0 aromatic rings. The minimum atomic E-state index is -1.26. The average Bonchev–Trinajstić information content (AvgIpc) is 2.71. The van der Waals surface area contributed by atoms with E-state index in [4.69, 9.17) is 0 Å². The molecule has 1 N–H and O–H groups in total. The second kappa shape index (κ2) is 17.3. The van der Waals surface area contributed by atoms with E-state index in [0.717, 1.165) is 0 Å². The maximum absolute atomic E-state index is 4.56. The smallest absolute Gasteiger partial charge is 0.118 e. The summed E-state index contributed by atoms with van der Waals surface area (Å²) in [7, 11) is -2.52.